The molecule has 40 heavy (non-hydrogen) atoms. The van der Waals surface area contributed by atoms with Crippen LogP contribution in [0.5, 0.6) is 0 Å². The van der Waals surface area contributed by atoms with Gasteiger partial charge in [0.25, 0.3) is 0 Å². The molecule has 5 fully saturated rings. The number of fused-ring (bicyclic) bond motifs is 5. The quantitative estimate of drug-likeness (QED) is 0.240. The maximum Gasteiger partial charge on any atom is 0.303 e. The van der Waals surface area contributed by atoms with E-state index in [9.17, 15) is 19.8 Å². The number of aliphatic hydroxyl groups is 2. The first-order chi connectivity index (χ1) is 18.7. The predicted molar refractivity (Wildman–Crippen MR) is 156 cm³/mol. The number of carbonyl (C=O) groups excluding carboxylic acids is 2. The molecule has 0 radical (unpaired) electrons. The Balaban J connectivity index is 1.66. The molecule has 0 aromatic rings. The summed E-state index contributed by atoms with van der Waals surface area (Å²) >= 11 is 0. The lowest BCUT2D eigenvalue weighted by molar-refractivity contribution is -0.237. The highest BCUT2D eigenvalue weighted by Crippen LogP contribution is 2.74. The van der Waals surface area contributed by atoms with Crippen LogP contribution in [0.1, 0.15) is 106 Å². The summed E-state index contributed by atoms with van der Waals surface area (Å²) in [6, 6.07) is 0. The fourth-order valence-electron chi connectivity index (χ4n) is 11.3. The number of Topliss-reactive ketones (excluding diaryl/α,β-unsaturated/α-hetero) is 1. The van der Waals surface area contributed by atoms with Crippen LogP contribution < -0.4 is 5.73 Å². The summed E-state index contributed by atoms with van der Waals surface area (Å²) in [7, 11) is 0. The van der Waals surface area contributed by atoms with Crippen LogP contribution in [0.2, 0.25) is 0 Å². The van der Waals surface area contributed by atoms with E-state index >= 15 is 0 Å². The Labute approximate surface area is 241 Å². The van der Waals surface area contributed by atoms with Gasteiger partial charge in [0.1, 0.15) is 6.10 Å². The maximum absolute atomic E-state index is 13.5. The molecule has 0 amide bonds. The maximum atomic E-state index is 13.5. The van der Waals surface area contributed by atoms with Crippen LogP contribution in [0, 0.1) is 45.8 Å². The molecule has 0 aromatic carbocycles. The fraction of sp³-hybridized carbons (Fsp3) is 0.824. The molecule has 5 rings (SSSR count). The zero-order chi connectivity index (χ0) is 29.4. The molecule has 5 aliphatic rings. The molecule has 0 aliphatic heterocycles. The molecule has 1 unspecified atom stereocenters. The van der Waals surface area contributed by atoms with E-state index in [1.165, 1.54) is 18.1 Å². The number of hydrogen-bond donors (Lipinski definition) is 3. The summed E-state index contributed by atoms with van der Waals surface area (Å²) in [5.41, 5.74) is 10.7. The summed E-state index contributed by atoms with van der Waals surface area (Å²) in [6.07, 6.45) is 6.19. The van der Waals surface area contributed by atoms with E-state index in [-0.39, 0.29) is 57.8 Å². The van der Waals surface area contributed by atoms with Gasteiger partial charge in [-0.3, -0.25) is 9.59 Å². The van der Waals surface area contributed by atoms with Crippen LogP contribution in [0.4, 0.5) is 0 Å². The van der Waals surface area contributed by atoms with Crippen molar-refractivity contribution >= 4 is 11.8 Å². The highest BCUT2D eigenvalue weighted by molar-refractivity contribution is 5.95. The highest BCUT2D eigenvalue weighted by atomic mass is 16.5. The summed E-state index contributed by atoms with van der Waals surface area (Å²) in [4.78, 5) is 26.0. The molecule has 224 valence electrons. The standard InChI is InChI=1S/C34H53NO5/c1-18(2)22-8-9-23(14-22)29(20(4)36)30-25-15-27(39)31-32(6)12-11-26(38)19(3)24(32)10-13-34(31,17-35)33(25,7)16-28(30)40-21(5)37/h19,23-28,31,38-39H,8-17,35H2,1-7H3/b30-29+/t19-,23?,24-,25-,26+,27+,28-,31-,32-,33-,34+/m0/s1. The van der Waals surface area contributed by atoms with Gasteiger partial charge >= 0.3 is 5.97 Å². The van der Waals surface area contributed by atoms with E-state index in [0.717, 1.165) is 56.1 Å². The van der Waals surface area contributed by atoms with E-state index in [1.54, 1.807) is 6.92 Å². The number of allylic oxidation sites excluding steroid dienone is 3. The van der Waals surface area contributed by atoms with Gasteiger partial charge in [0.05, 0.1) is 12.2 Å². The summed E-state index contributed by atoms with van der Waals surface area (Å²) in [5, 5.41) is 22.9. The Kier molecular flexibility index (Phi) is 7.75. The first-order valence-electron chi connectivity index (χ1n) is 15.8. The van der Waals surface area contributed by atoms with Crippen molar-refractivity contribution in [3.05, 3.63) is 22.3 Å². The third kappa shape index (κ3) is 4.21. The number of nitrogens with two attached hydrogens (primary N) is 1. The lowest BCUT2D eigenvalue weighted by Gasteiger charge is -2.69. The number of ether oxygens (including phenoxy) is 1. The Morgan fingerprint density at radius 1 is 1.02 bits per heavy atom. The average molecular weight is 556 g/mol. The summed E-state index contributed by atoms with van der Waals surface area (Å²) < 4.78 is 6.10. The topological polar surface area (TPSA) is 110 Å². The minimum atomic E-state index is -0.562. The highest BCUT2D eigenvalue weighted by Gasteiger charge is 2.72. The SMILES string of the molecule is CC(=O)O[C@H]1C[C@@]2(C)[C@@H](C[C@@H](O)[C@H]3[C@@]4(C)CC[C@@H](O)[C@@H](C)[C@@H]4CC[C@@]32CN)/C1=C(/C(C)=O)C1CCC(=C(C)C)C1. The lowest BCUT2D eigenvalue weighted by Crippen LogP contribution is -2.68. The van der Waals surface area contributed by atoms with E-state index in [1.807, 2.05) is 0 Å². The first-order valence-corrected chi connectivity index (χ1v) is 15.8. The molecule has 6 heteroatoms. The van der Waals surface area contributed by atoms with E-state index in [0.29, 0.717) is 25.3 Å². The molecule has 0 bridgehead atoms. The second-order valence-electron chi connectivity index (χ2n) is 15.0. The molecular formula is C34H53NO5. The molecular weight excluding hydrogens is 502 g/mol. The van der Waals surface area contributed by atoms with Crippen molar-refractivity contribution in [1.82, 2.24) is 0 Å². The van der Waals surface area contributed by atoms with Crippen molar-refractivity contribution in [1.29, 1.82) is 0 Å². The third-order valence-electron chi connectivity index (χ3n) is 13.1. The van der Waals surface area contributed by atoms with Crippen LogP contribution >= 0.6 is 0 Å². The van der Waals surface area contributed by atoms with Gasteiger partial charge in [0.2, 0.25) is 0 Å². The van der Waals surface area contributed by atoms with Crippen molar-refractivity contribution < 1.29 is 24.5 Å². The molecule has 6 nitrogen and oxygen atoms in total. The lowest BCUT2D eigenvalue weighted by atomic mass is 9.36. The number of esters is 1. The van der Waals surface area contributed by atoms with Crippen molar-refractivity contribution in [2.24, 2.45) is 51.6 Å². The molecule has 0 heterocycles. The monoisotopic (exact) mass is 555 g/mol. The number of aliphatic hydroxyl groups excluding tert-OH is 2. The van der Waals surface area contributed by atoms with E-state index < -0.39 is 12.2 Å². The van der Waals surface area contributed by atoms with E-state index in [2.05, 4.69) is 34.6 Å². The van der Waals surface area contributed by atoms with Gasteiger partial charge in [-0.25, -0.2) is 0 Å². The Hall–Kier alpha value is -1.50. The normalized spacial score (nSPS) is 47.7. The summed E-state index contributed by atoms with van der Waals surface area (Å²) in [5.74, 6) is 0.334. The van der Waals surface area contributed by atoms with Gasteiger partial charge in [-0.15, -0.1) is 0 Å². The van der Waals surface area contributed by atoms with Crippen molar-refractivity contribution in [2.45, 2.75) is 125 Å². The molecule has 5 aliphatic carbocycles. The molecule has 5 saturated carbocycles. The van der Waals surface area contributed by atoms with E-state index in [4.69, 9.17) is 10.5 Å². The minimum absolute atomic E-state index is 0.00168. The smallest absolute Gasteiger partial charge is 0.303 e. The largest absolute Gasteiger partial charge is 0.458 e. The number of hydrogen-bond acceptors (Lipinski definition) is 6. The molecule has 11 atom stereocenters. The summed E-state index contributed by atoms with van der Waals surface area (Å²) in [6.45, 7) is 14.7. The second kappa shape index (κ2) is 10.3. The van der Waals surface area contributed by atoms with Crippen LogP contribution in [0.3, 0.4) is 0 Å². The predicted octanol–water partition coefficient (Wildman–Crippen LogP) is 5.50. The van der Waals surface area contributed by atoms with Gasteiger partial charge in [-0.1, -0.05) is 31.9 Å². The van der Waals surface area contributed by atoms with Crippen LogP contribution in [-0.4, -0.2) is 46.8 Å². The first kappa shape index (κ1) is 30.0. The Morgan fingerprint density at radius 3 is 2.30 bits per heavy atom. The third-order valence-corrected chi connectivity index (χ3v) is 13.1. The average Bonchev–Trinajstić information content (AvgIpc) is 3.45. The van der Waals surface area contributed by atoms with Gasteiger partial charge in [-0.2, -0.15) is 0 Å². The molecule has 4 N–H and O–H groups in total. The molecule has 0 aromatic heterocycles. The second-order valence-corrected chi connectivity index (χ2v) is 15.0. The van der Waals surface area contributed by atoms with Gasteiger partial charge in [-0.05, 0) is 137 Å². The minimum Gasteiger partial charge on any atom is -0.458 e. The van der Waals surface area contributed by atoms with Crippen molar-refractivity contribution in [3.63, 3.8) is 0 Å². The van der Waals surface area contributed by atoms with Crippen molar-refractivity contribution in [2.75, 3.05) is 6.54 Å². The zero-order valence-electron chi connectivity index (χ0n) is 25.9. The van der Waals surface area contributed by atoms with Crippen LogP contribution in [0.25, 0.3) is 0 Å². The number of ketones is 1. The fourth-order valence-corrected chi connectivity index (χ4v) is 11.3. The number of carbonyl (C=O) groups is 2. The zero-order valence-corrected chi connectivity index (χ0v) is 25.9. The number of rotatable bonds is 4. The van der Waals surface area contributed by atoms with Gasteiger partial charge in [0, 0.05) is 12.5 Å². The molecule has 0 spiro atoms. The Bertz CT molecular complexity index is 1120. The van der Waals surface area contributed by atoms with Gasteiger partial charge in [0.15, 0.2) is 5.78 Å². The van der Waals surface area contributed by atoms with Gasteiger partial charge < -0.3 is 20.7 Å². The van der Waals surface area contributed by atoms with Crippen LogP contribution in [-0.2, 0) is 14.3 Å². The van der Waals surface area contributed by atoms with Crippen molar-refractivity contribution in [3.8, 4) is 0 Å². The Morgan fingerprint density at radius 2 is 1.73 bits per heavy atom. The molecule has 0 saturated heterocycles. The van der Waals surface area contributed by atoms with Crippen LogP contribution in [0.15, 0.2) is 22.3 Å².